The van der Waals surface area contributed by atoms with Crippen LogP contribution in [0.25, 0.3) is 0 Å². The molecule has 0 aliphatic carbocycles. The van der Waals surface area contributed by atoms with E-state index in [0.717, 1.165) is 5.69 Å². The van der Waals surface area contributed by atoms with Crippen LogP contribution in [0, 0.1) is 6.92 Å². The maximum Gasteiger partial charge on any atom is 0.276 e. The van der Waals surface area contributed by atoms with Crippen molar-refractivity contribution in [3.8, 4) is 0 Å². The number of benzene rings is 1. The van der Waals surface area contributed by atoms with Gasteiger partial charge in [0.1, 0.15) is 6.54 Å². The van der Waals surface area contributed by atoms with E-state index < -0.39 is 0 Å². The Morgan fingerprint density at radius 2 is 1.92 bits per heavy atom. The third kappa shape index (κ3) is 4.09. The minimum atomic E-state index is -0.323. The van der Waals surface area contributed by atoms with Gasteiger partial charge in [-0.2, -0.15) is 10.2 Å². The normalized spacial score (nSPS) is 10.6. The lowest BCUT2D eigenvalue weighted by Crippen LogP contribution is -2.20. The molecule has 0 bridgehead atoms. The number of nitrogens with one attached hydrogen (secondary N) is 2. The molecule has 9 heteroatoms. The number of carbonyl (C=O) groups excluding carboxylic acids is 2. The van der Waals surface area contributed by atoms with E-state index in [9.17, 15) is 9.59 Å². The van der Waals surface area contributed by atoms with Crippen molar-refractivity contribution in [2.45, 2.75) is 13.5 Å². The SMILES string of the molecule is Cc1c(Cl)cnn1CC(=O)Nc1cccc(NC(=O)c2ccn(C)n2)c1. The van der Waals surface area contributed by atoms with E-state index in [0.29, 0.717) is 22.1 Å². The highest BCUT2D eigenvalue weighted by Crippen LogP contribution is 2.17. The van der Waals surface area contributed by atoms with Crippen molar-refractivity contribution in [3.05, 3.63) is 59.1 Å². The molecule has 2 aromatic heterocycles. The molecule has 0 saturated carbocycles. The van der Waals surface area contributed by atoms with Crippen molar-refractivity contribution in [1.29, 1.82) is 0 Å². The lowest BCUT2D eigenvalue weighted by Gasteiger charge is -2.09. The number of carbonyl (C=O) groups is 2. The summed E-state index contributed by atoms with van der Waals surface area (Å²) in [6.45, 7) is 1.83. The summed E-state index contributed by atoms with van der Waals surface area (Å²) < 4.78 is 3.07. The van der Waals surface area contributed by atoms with E-state index in [1.54, 1.807) is 55.2 Å². The average Bonchev–Trinajstić information content (AvgIpc) is 3.16. The molecule has 0 unspecified atom stereocenters. The van der Waals surface area contributed by atoms with Crippen LogP contribution >= 0.6 is 11.6 Å². The maximum absolute atomic E-state index is 12.2. The fourth-order valence-corrected chi connectivity index (χ4v) is 2.47. The molecule has 3 rings (SSSR count). The van der Waals surface area contributed by atoms with Gasteiger partial charge in [-0.25, -0.2) is 0 Å². The molecule has 0 aliphatic rings. The summed E-state index contributed by atoms with van der Waals surface area (Å²) in [5, 5.41) is 14.1. The van der Waals surface area contributed by atoms with Crippen LogP contribution in [0.3, 0.4) is 0 Å². The van der Waals surface area contributed by atoms with Crippen LogP contribution in [-0.4, -0.2) is 31.4 Å². The van der Waals surface area contributed by atoms with Crippen molar-refractivity contribution < 1.29 is 9.59 Å². The van der Waals surface area contributed by atoms with Crippen molar-refractivity contribution in [2.24, 2.45) is 7.05 Å². The standard InChI is InChI=1S/C17H17ClN6O2/c1-11-14(18)9-19-24(11)10-16(25)20-12-4-3-5-13(8-12)21-17(26)15-6-7-23(2)22-15/h3-9H,10H2,1-2H3,(H,20,25)(H,21,26). The van der Waals surface area contributed by atoms with Crippen LogP contribution in [-0.2, 0) is 18.4 Å². The molecular formula is C17H17ClN6O2. The number of halogens is 1. The Hall–Kier alpha value is -3.13. The summed E-state index contributed by atoms with van der Waals surface area (Å²) in [6.07, 6.45) is 3.19. The number of hydrogen-bond donors (Lipinski definition) is 2. The van der Waals surface area contributed by atoms with Crippen molar-refractivity contribution in [1.82, 2.24) is 19.6 Å². The topological polar surface area (TPSA) is 93.8 Å². The minimum absolute atomic E-state index is 0.0447. The quantitative estimate of drug-likeness (QED) is 0.719. The largest absolute Gasteiger partial charge is 0.324 e. The Morgan fingerprint density at radius 1 is 1.19 bits per heavy atom. The third-order valence-electron chi connectivity index (χ3n) is 3.69. The van der Waals surface area contributed by atoms with Gasteiger partial charge in [0.05, 0.1) is 16.9 Å². The van der Waals surface area contributed by atoms with Gasteiger partial charge in [-0.3, -0.25) is 19.0 Å². The first-order valence-corrected chi connectivity index (χ1v) is 8.19. The molecule has 0 spiro atoms. The lowest BCUT2D eigenvalue weighted by atomic mass is 10.2. The number of hydrogen-bond acceptors (Lipinski definition) is 4. The molecule has 2 amide bonds. The van der Waals surface area contributed by atoms with Crippen molar-refractivity contribution in [2.75, 3.05) is 10.6 Å². The summed E-state index contributed by atoms with van der Waals surface area (Å²) >= 11 is 5.93. The predicted molar refractivity (Wildman–Crippen MR) is 98.2 cm³/mol. The second-order valence-corrected chi connectivity index (χ2v) is 6.10. The third-order valence-corrected chi connectivity index (χ3v) is 4.06. The molecule has 26 heavy (non-hydrogen) atoms. The summed E-state index contributed by atoms with van der Waals surface area (Å²) in [6, 6.07) is 8.49. The maximum atomic E-state index is 12.2. The number of anilines is 2. The van der Waals surface area contributed by atoms with E-state index >= 15 is 0 Å². The monoisotopic (exact) mass is 372 g/mol. The summed E-state index contributed by atoms with van der Waals surface area (Å²) in [4.78, 5) is 24.3. The van der Waals surface area contributed by atoms with Crippen molar-refractivity contribution >= 4 is 34.8 Å². The van der Waals surface area contributed by atoms with Gasteiger partial charge in [-0.05, 0) is 31.2 Å². The first kappa shape index (κ1) is 17.7. The van der Waals surface area contributed by atoms with Gasteiger partial charge < -0.3 is 10.6 Å². The molecule has 1 aromatic carbocycles. The first-order chi connectivity index (χ1) is 12.4. The zero-order valence-electron chi connectivity index (χ0n) is 14.2. The molecular weight excluding hydrogens is 356 g/mol. The smallest absolute Gasteiger partial charge is 0.276 e. The zero-order valence-corrected chi connectivity index (χ0v) is 15.0. The highest BCUT2D eigenvalue weighted by molar-refractivity contribution is 6.31. The van der Waals surface area contributed by atoms with Crippen LogP contribution in [0.4, 0.5) is 11.4 Å². The van der Waals surface area contributed by atoms with Crippen LogP contribution in [0.1, 0.15) is 16.2 Å². The van der Waals surface area contributed by atoms with E-state index in [-0.39, 0.29) is 18.4 Å². The van der Waals surface area contributed by atoms with Crippen LogP contribution in [0.2, 0.25) is 5.02 Å². The molecule has 0 radical (unpaired) electrons. The predicted octanol–water partition coefficient (Wildman–Crippen LogP) is 2.47. The van der Waals surface area contributed by atoms with Gasteiger partial charge in [-0.1, -0.05) is 17.7 Å². The van der Waals surface area contributed by atoms with Crippen LogP contribution in [0.5, 0.6) is 0 Å². The Labute approximate surface area is 154 Å². The van der Waals surface area contributed by atoms with E-state index in [1.165, 1.54) is 10.9 Å². The number of aromatic nitrogens is 4. The molecule has 3 aromatic rings. The van der Waals surface area contributed by atoms with Crippen molar-refractivity contribution in [3.63, 3.8) is 0 Å². The highest BCUT2D eigenvalue weighted by atomic mass is 35.5. The number of aryl methyl sites for hydroxylation is 1. The Morgan fingerprint density at radius 3 is 2.54 bits per heavy atom. The van der Waals surface area contributed by atoms with Gasteiger partial charge >= 0.3 is 0 Å². The fraction of sp³-hybridized carbons (Fsp3) is 0.176. The van der Waals surface area contributed by atoms with Crippen LogP contribution in [0.15, 0.2) is 42.7 Å². The number of amides is 2. The number of rotatable bonds is 5. The van der Waals surface area contributed by atoms with Gasteiger partial charge in [0, 0.05) is 24.6 Å². The van der Waals surface area contributed by atoms with E-state index in [1.807, 2.05) is 0 Å². The van der Waals surface area contributed by atoms with Gasteiger partial charge in [-0.15, -0.1) is 0 Å². The number of nitrogens with zero attached hydrogens (tertiary/aromatic N) is 4. The summed E-state index contributed by atoms with van der Waals surface area (Å²) in [5.74, 6) is -0.572. The summed E-state index contributed by atoms with van der Waals surface area (Å²) in [5.41, 5.74) is 2.15. The molecule has 0 atom stereocenters. The molecule has 0 saturated heterocycles. The Kier molecular flexibility index (Phi) is 5.04. The molecule has 0 aliphatic heterocycles. The molecule has 0 fully saturated rings. The Bertz CT molecular complexity index is 962. The minimum Gasteiger partial charge on any atom is -0.324 e. The van der Waals surface area contributed by atoms with E-state index in [2.05, 4.69) is 20.8 Å². The molecule has 2 N–H and O–H groups in total. The zero-order chi connectivity index (χ0) is 18.7. The van der Waals surface area contributed by atoms with Gasteiger partial charge in [0.2, 0.25) is 5.91 Å². The molecule has 134 valence electrons. The van der Waals surface area contributed by atoms with Gasteiger partial charge in [0.15, 0.2) is 5.69 Å². The Balaban J connectivity index is 1.64. The van der Waals surface area contributed by atoms with Gasteiger partial charge in [0.25, 0.3) is 5.91 Å². The lowest BCUT2D eigenvalue weighted by molar-refractivity contribution is -0.116. The fourth-order valence-electron chi connectivity index (χ4n) is 2.33. The molecule has 8 nitrogen and oxygen atoms in total. The van der Waals surface area contributed by atoms with E-state index in [4.69, 9.17) is 11.6 Å². The highest BCUT2D eigenvalue weighted by Gasteiger charge is 2.11. The summed E-state index contributed by atoms with van der Waals surface area (Å²) in [7, 11) is 1.74. The average molecular weight is 373 g/mol. The second kappa shape index (κ2) is 7.40. The van der Waals surface area contributed by atoms with Crippen LogP contribution < -0.4 is 10.6 Å². The molecule has 2 heterocycles. The first-order valence-electron chi connectivity index (χ1n) is 7.81. The second-order valence-electron chi connectivity index (χ2n) is 5.69.